The molecule has 1 atom stereocenters. The van der Waals surface area contributed by atoms with Crippen molar-refractivity contribution < 1.29 is 9.13 Å². The first-order valence-electron chi connectivity index (χ1n) is 7.54. The molecule has 1 aromatic carbocycles. The second-order valence-corrected chi connectivity index (χ2v) is 5.66. The predicted molar refractivity (Wildman–Crippen MR) is 78.8 cm³/mol. The molecular weight excluding hydrogens is 255 g/mol. The standard InChI is InChI=1S/C16H25FN2O/c1-20-15-9-5-8-13(16(15)17)14(19-18)11-10-12-6-3-2-4-7-12/h5,8-9,12,14,19H,2-4,6-7,10-11,18H2,1H3. The van der Waals surface area contributed by atoms with E-state index < -0.39 is 0 Å². The van der Waals surface area contributed by atoms with Crippen LogP contribution in [0, 0.1) is 11.7 Å². The lowest BCUT2D eigenvalue weighted by Gasteiger charge is -2.24. The van der Waals surface area contributed by atoms with E-state index in [1.807, 2.05) is 6.07 Å². The van der Waals surface area contributed by atoms with Gasteiger partial charge in [-0.05, 0) is 24.8 Å². The fourth-order valence-corrected chi connectivity index (χ4v) is 3.16. The molecular formula is C16H25FN2O. The third-order valence-corrected chi connectivity index (χ3v) is 4.38. The van der Waals surface area contributed by atoms with Crippen molar-refractivity contribution >= 4 is 0 Å². The summed E-state index contributed by atoms with van der Waals surface area (Å²) in [5, 5.41) is 0. The van der Waals surface area contributed by atoms with Crippen molar-refractivity contribution in [2.24, 2.45) is 11.8 Å². The largest absolute Gasteiger partial charge is 0.494 e. The van der Waals surface area contributed by atoms with Crippen LogP contribution in [0.15, 0.2) is 18.2 Å². The van der Waals surface area contributed by atoms with Crippen LogP contribution in [0.3, 0.4) is 0 Å². The lowest BCUT2D eigenvalue weighted by Crippen LogP contribution is -2.29. The van der Waals surface area contributed by atoms with Gasteiger partial charge in [0.1, 0.15) is 0 Å². The molecule has 0 saturated heterocycles. The Morgan fingerprint density at radius 3 is 2.75 bits per heavy atom. The summed E-state index contributed by atoms with van der Waals surface area (Å²) in [6.07, 6.45) is 8.60. The normalized spacial score (nSPS) is 17.9. The number of ether oxygens (including phenoxy) is 1. The molecule has 1 saturated carbocycles. The van der Waals surface area contributed by atoms with E-state index in [9.17, 15) is 4.39 Å². The minimum Gasteiger partial charge on any atom is -0.494 e. The van der Waals surface area contributed by atoms with Crippen LogP contribution in [0.25, 0.3) is 0 Å². The number of rotatable bonds is 6. The first kappa shape index (κ1) is 15.3. The zero-order valence-corrected chi connectivity index (χ0v) is 12.2. The van der Waals surface area contributed by atoms with Gasteiger partial charge in [-0.25, -0.2) is 4.39 Å². The van der Waals surface area contributed by atoms with Crippen molar-refractivity contribution in [1.82, 2.24) is 5.43 Å². The van der Waals surface area contributed by atoms with Crippen LogP contribution in [0.5, 0.6) is 5.75 Å². The molecule has 0 aliphatic heterocycles. The van der Waals surface area contributed by atoms with Crippen LogP contribution in [0.4, 0.5) is 4.39 Å². The molecule has 0 heterocycles. The number of nitrogens with two attached hydrogens (primary N) is 1. The van der Waals surface area contributed by atoms with E-state index in [1.54, 1.807) is 12.1 Å². The van der Waals surface area contributed by atoms with E-state index in [1.165, 1.54) is 39.2 Å². The van der Waals surface area contributed by atoms with Gasteiger partial charge in [-0.1, -0.05) is 44.2 Å². The third-order valence-electron chi connectivity index (χ3n) is 4.38. The van der Waals surface area contributed by atoms with E-state index >= 15 is 0 Å². The van der Waals surface area contributed by atoms with Crippen molar-refractivity contribution in [1.29, 1.82) is 0 Å². The molecule has 20 heavy (non-hydrogen) atoms. The van der Waals surface area contributed by atoms with E-state index in [-0.39, 0.29) is 17.6 Å². The average molecular weight is 280 g/mol. The molecule has 3 nitrogen and oxygen atoms in total. The van der Waals surface area contributed by atoms with E-state index in [0.29, 0.717) is 5.56 Å². The van der Waals surface area contributed by atoms with Crippen molar-refractivity contribution in [3.05, 3.63) is 29.6 Å². The number of methoxy groups -OCH3 is 1. The summed E-state index contributed by atoms with van der Waals surface area (Å²) < 4.78 is 19.3. The van der Waals surface area contributed by atoms with Crippen LogP contribution in [-0.2, 0) is 0 Å². The Morgan fingerprint density at radius 2 is 2.10 bits per heavy atom. The number of hydrazine groups is 1. The zero-order valence-electron chi connectivity index (χ0n) is 12.2. The molecule has 3 N–H and O–H groups in total. The van der Waals surface area contributed by atoms with Gasteiger partial charge in [0.2, 0.25) is 0 Å². The van der Waals surface area contributed by atoms with Gasteiger partial charge in [0.05, 0.1) is 7.11 Å². The molecule has 112 valence electrons. The Kier molecular flexibility index (Phi) is 5.80. The first-order chi connectivity index (χ1) is 9.76. The second-order valence-electron chi connectivity index (χ2n) is 5.66. The predicted octanol–water partition coefficient (Wildman–Crippen LogP) is 3.70. The summed E-state index contributed by atoms with van der Waals surface area (Å²) in [6.45, 7) is 0. The number of nitrogens with one attached hydrogen (secondary N) is 1. The van der Waals surface area contributed by atoms with Crippen LogP contribution in [-0.4, -0.2) is 7.11 Å². The Bertz CT molecular complexity index is 419. The van der Waals surface area contributed by atoms with Crippen LogP contribution < -0.4 is 16.0 Å². The maximum Gasteiger partial charge on any atom is 0.169 e. The Balaban J connectivity index is 2.00. The van der Waals surface area contributed by atoms with Crippen LogP contribution in [0.2, 0.25) is 0 Å². The van der Waals surface area contributed by atoms with Gasteiger partial charge in [-0.2, -0.15) is 0 Å². The summed E-state index contributed by atoms with van der Waals surface area (Å²) in [5.74, 6) is 6.37. The molecule has 1 aromatic rings. The van der Waals surface area contributed by atoms with Crippen molar-refractivity contribution in [2.75, 3.05) is 7.11 Å². The van der Waals surface area contributed by atoms with E-state index in [4.69, 9.17) is 10.6 Å². The molecule has 1 unspecified atom stereocenters. The summed E-state index contributed by atoms with van der Waals surface area (Å²) in [6, 6.07) is 5.07. The third kappa shape index (κ3) is 3.70. The van der Waals surface area contributed by atoms with Gasteiger partial charge in [-0.3, -0.25) is 11.3 Å². The van der Waals surface area contributed by atoms with Gasteiger partial charge in [0.15, 0.2) is 11.6 Å². The Hall–Kier alpha value is -1.13. The first-order valence-corrected chi connectivity index (χ1v) is 7.54. The molecule has 1 aliphatic carbocycles. The zero-order chi connectivity index (χ0) is 14.4. The summed E-state index contributed by atoms with van der Waals surface area (Å²) in [5.41, 5.74) is 3.35. The maximum absolute atomic E-state index is 14.3. The molecule has 2 rings (SSSR count). The van der Waals surface area contributed by atoms with Crippen molar-refractivity contribution in [3.8, 4) is 5.75 Å². The van der Waals surface area contributed by atoms with E-state index in [2.05, 4.69) is 5.43 Å². The number of halogens is 1. The maximum atomic E-state index is 14.3. The molecule has 0 aromatic heterocycles. The van der Waals surface area contributed by atoms with Crippen LogP contribution in [0.1, 0.15) is 56.6 Å². The Morgan fingerprint density at radius 1 is 1.35 bits per heavy atom. The van der Waals surface area contributed by atoms with Gasteiger partial charge < -0.3 is 4.74 Å². The quantitative estimate of drug-likeness (QED) is 0.617. The highest BCUT2D eigenvalue weighted by Gasteiger charge is 2.20. The SMILES string of the molecule is COc1cccc(C(CCC2CCCCC2)NN)c1F. The lowest BCUT2D eigenvalue weighted by molar-refractivity contribution is 0.311. The molecule has 4 heteroatoms. The summed E-state index contributed by atoms with van der Waals surface area (Å²) >= 11 is 0. The number of hydrogen-bond acceptors (Lipinski definition) is 3. The molecule has 0 spiro atoms. The lowest BCUT2D eigenvalue weighted by atomic mass is 9.84. The van der Waals surface area contributed by atoms with Crippen molar-refractivity contribution in [3.63, 3.8) is 0 Å². The topological polar surface area (TPSA) is 47.3 Å². The van der Waals surface area contributed by atoms with Gasteiger partial charge in [0, 0.05) is 11.6 Å². The fourth-order valence-electron chi connectivity index (χ4n) is 3.16. The van der Waals surface area contributed by atoms with Gasteiger partial charge >= 0.3 is 0 Å². The monoisotopic (exact) mass is 280 g/mol. The minimum atomic E-state index is -0.304. The molecule has 0 radical (unpaired) electrons. The number of benzene rings is 1. The minimum absolute atomic E-state index is 0.146. The highest BCUT2D eigenvalue weighted by Crippen LogP contribution is 2.32. The van der Waals surface area contributed by atoms with Crippen molar-refractivity contribution in [2.45, 2.75) is 51.0 Å². The molecule has 1 aliphatic rings. The second kappa shape index (κ2) is 7.60. The average Bonchev–Trinajstić information content (AvgIpc) is 2.50. The van der Waals surface area contributed by atoms with Gasteiger partial charge in [-0.15, -0.1) is 0 Å². The molecule has 0 amide bonds. The highest BCUT2D eigenvalue weighted by atomic mass is 19.1. The summed E-state index contributed by atoms with van der Waals surface area (Å²) in [7, 11) is 1.48. The smallest absolute Gasteiger partial charge is 0.169 e. The highest BCUT2D eigenvalue weighted by molar-refractivity contribution is 5.33. The van der Waals surface area contributed by atoms with Gasteiger partial charge in [0.25, 0.3) is 0 Å². The van der Waals surface area contributed by atoms with Crippen LogP contribution >= 0.6 is 0 Å². The fraction of sp³-hybridized carbons (Fsp3) is 0.625. The van der Waals surface area contributed by atoms with E-state index in [0.717, 1.165) is 18.8 Å². The number of hydrogen-bond donors (Lipinski definition) is 2. The molecule has 0 bridgehead atoms. The molecule has 1 fully saturated rings. The Labute approximate surface area is 120 Å². The summed E-state index contributed by atoms with van der Waals surface area (Å²) in [4.78, 5) is 0.